The Bertz CT molecular complexity index is 681. The second-order valence-corrected chi connectivity index (χ2v) is 7.24. The summed E-state index contributed by atoms with van der Waals surface area (Å²) in [5, 5.41) is 0. The molecule has 3 heterocycles. The zero-order chi connectivity index (χ0) is 21.3. The van der Waals surface area contributed by atoms with Crippen LogP contribution in [0.3, 0.4) is 0 Å². The van der Waals surface area contributed by atoms with Gasteiger partial charge in [0.2, 0.25) is 11.6 Å². The Hall–Kier alpha value is -2.20. The van der Waals surface area contributed by atoms with Crippen LogP contribution in [0, 0.1) is 11.3 Å². The van der Waals surface area contributed by atoms with E-state index >= 15 is 0 Å². The summed E-state index contributed by atoms with van der Waals surface area (Å²) in [6, 6.07) is 0. The second kappa shape index (κ2) is 7.91. The molecule has 0 saturated carbocycles. The van der Waals surface area contributed by atoms with E-state index in [0.29, 0.717) is 0 Å². The Labute approximate surface area is 168 Å². The van der Waals surface area contributed by atoms with Crippen molar-refractivity contribution in [1.82, 2.24) is 0 Å². The van der Waals surface area contributed by atoms with Crippen LogP contribution in [-0.4, -0.2) is 61.9 Å². The normalized spacial score (nSPS) is 32.9. The summed E-state index contributed by atoms with van der Waals surface area (Å²) in [6.07, 6.45) is -0.796. The molecule has 0 unspecified atom stereocenters. The fourth-order valence-corrected chi connectivity index (χ4v) is 4.44. The average molecular weight is 414 g/mol. The minimum absolute atomic E-state index is 0.0107. The highest BCUT2D eigenvalue weighted by molar-refractivity contribution is 6.03. The number of carbonyl (C=O) groups excluding carboxylic acids is 4. The van der Waals surface area contributed by atoms with Crippen molar-refractivity contribution >= 4 is 23.9 Å². The molecule has 3 aliphatic heterocycles. The molecule has 3 atom stereocenters. The van der Waals surface area contributed by atoms with E-state index in [2.05, 4.69) is 0 Å². The van der Waals surface area contributed by atoms with Gasteiger partial charge in [0.25, 0.3) is 0 Å². The molecular formula is C19H26O10. The van der Waals surface area contributed by atoms with Gasteiger partial charge in [0.05, 0.1) is 32.7 Å². The molecular weight excluding hydrogens is 388 g/mol. The Morgan fingerprint density at radius 2 is 1.66 bits per heavy atom. The Morgan fingerprint density at radius 1 is 1.00 bits per heavy atom. The van der Waals surface area contributed by atoms with Gasteiger partial charge in [-0.1, -0.05) is 0 Å². The third kappa shape index (κ3) is 3.48. The van der Waals surface area contributed by atoms with E-state index in [9.17, 15) is 19.2 Å². The van der Waals surface area contributed by atoms with Crippen LogP contribution in [0.15, 0.2) is 0 Å². The SMILES string of the molecule is CCOC(=O)C1(C(=O)OCC)CC(=O)O[C@]2(C1)OCC[C@@]1(OCC)OC(=O)C[C@@H]21. The maximum absolute atomic E-state index is 12.9. The van der Waals surface area contributed by atoms with Crippen molar-refractivity contribution < 1.29 is 47.6 Å². The molecule has 3 fully saturated rings. The maximum atomic E-state index is 12.9. The van der Waals surface area contributed by atoms with Crippen LogP contribution in [0.5, 0.6) is 0 Å². The van der Waals surface area contributed by atoms with Crippen LogP contribution >= 0.6 is 0 Å². The fraction of sp³-hybridized carbons (Fsp3) is 0.789. The predicted octanol–water partition coefficient (Wildman–Crippen LogP) is 0.848. The first-order valence-corrected chi connectivity index (χ1v) is 9.83. The molecule has 0 radical (unpaired) electrons. The molecule has 0 N–H and O–H groups in total. The van der Waals surface area contributed by atoms with E-state index in [1.54, 1.807) is 20.8 Å². The first-order valence-electron chi connectivity index (χ1n) is 9.83. The lowest BCUT2D eigenvalue weighted by atomic mass is 9.70. The lowest BCUT2D eigenvalue weighted by molar-refractivity contribution is -0.363. The van der Waals surface area contributed by atoms with E-state index < -0.39 is 53.2 Å². The van der Waals surface area contributed by atoms with Gasteiger partial charge in [-0.05, 0) is 20.8 Å². The lowest BCUT2D eigenvalue weighted by Crippen LogP contribution is -2.65. The van der Waals surface area contributed by atoms with Crippen LogP contribution in [0.1, 0.15) is 46.5 Å². The van der Waals surface area contributed by atoms with Gasteiger partial charge < -0.3 is 28.4 Å². The molecule has 0 bridgehead atoms. The van der Waals surface area contributed by atoms with Crippen LogP contribution in [0.25, 0.3) is 0 Å². The van der Waals surface area contributed by atoms with Crippen molar-refractivity contribution in [2.75, 3.05) is 26.4 Å². The number of fused-ring (bicyclic) bond motifs is 2. The number of carbonyl (C=O) groups is 4. The summed E-state index contributed by atoms with van der Waals surface area (Å²) < 4.78 is 32.9. The molecule has 10 heteroatoms. The topological polar surface area (TPSA) is 124 Å². The summed E-state index contributed by atoms with van der Waals surface area (Å²) in [7, 11) is 0. The van der Waals surface area contributed by atoms with E-state index in [4.69, 9.17) is 28.4 Å². The van der Waals surface area contributed by atoms with Crippen molar-refractivity contribution in [2.24, 2.45) is 11.3 Å². The molecule has 3 rings (SSSR count). The standard InChI is InChI=1S/C19H26O10/c1-4-24-15(22)17(16(23)25-5-2)10-14(21)29-19(11-17)12-9-13(20)28-18(12,26-6-3)7-8-27-19/h12H,4-11H2,1-3H3/t12-,18-,19+/m1/s1. The summed E-state index contributed by atoms with van der Waals surface area (Å²) in [5.74, 6) is -7.10. The number of esters is 4. The Balaban J connectivity index is 2.06. The molecule has 0 aliphatic carbocycles. The molecule has 0 amide bonds. The van der Waals surface area contributed by atoms with Crippen LogP contribution in [0.2, 0.25) is 0 Å². The molecule has 0 aromatic rings. The molecule has 1 spiro atoms. The molecule has 29 heavy (non-hydrogen) atoms. The van der Waals surface area contributed by atoms with E-state index in [-0.39, 0.29) is 45.7 Å². The number of ether oxygens (including phenoxy) is 6. The van der Waals surface area contributed by atoms with Gasteiger partial charge in [-0.25, -0.2) is 0 Å². The van der Waals surface area contributed by atoms with Crippen molar-refractivity contribution in [3.63, 3.8) is 0 Å². The third-order valence-corrected chi connectivity index (χ3v) is 5.52. The summed E-state index contributed by atoms with van der Waals surface area (Å²) in [6.45, 7) is 5.23. The van der Waals surface area contributed by atoms with Crippen LogP contribution in [-0.2, 0) is 47.6 Å². The van der Waals surface area contributed by atoms with Crippen molar-refractivity contribution in [2.45, 2.75) is 58.0 Å². The quantitative estimate of drug-likeness (QED) is 0.351. The first-order chi connectivity index (χ1) is 13.8. The van der Waals surface area contributed by atoms with Crippen LogP contribution < -0.4 is 0 Å². The summed E-state index contributed by atoms with van der Waals surface area (Å²) >= 11 is 0. The summed E-state index contributed by atoms with van der Waals surface area (Å²) in [5.41, 5.74) is -1.94. The highest BCUT2D eigenvalue weighted by Gasteiger charge is 2.71. The van der Waals surface area contributed by atoms with E-state index in [1.165, 1.54) is 0 Å². The van der Waals surface area contributed by atoms with E-state index in [0.717, 1.165) is 0 Å². The molecule has 162 valence electrons. The first kappa shape index (κ1) is 21.5. The molecule has 0 aromatic carbocycles. The van der Waals surface area contributed by atoms with Crippen molar-refractivity contribution in [1.29, 1.82) is 0 Å². The monoisotopic (exact) mass is 414 g/mol. The zero-order valence-electron chi connectivity index (χ0n) is 16.8. The minimum Gasteiger partial charge on any atom is -0.465 e. The van der Waals surface area contributed by atoms with E-state index in [1.807, 2.05) is 0 Å². The van der Waals surface area contributed by atoms with Crippen LogP contribution in [0.4, 0.5) is 0 Å². The second-order valence-electron chi connectivity index (χ2n) is 7.24. The smallest absolute Gasteiger partial charge is 0.324 e. The predicted molar refractivity (Wildman–Crippen MR) is 92.9 cm³/mol. The van der Waals surface area contributed by atoms with Gasteiger partial charge in [-0.15, -0.1) is 0 Å². The fourth-order valence-electron chi connectivity index (χ4n) is 4.44. The Morgan fingerprint density at radius 3 is 2.24 bits per heavy atom. The van der Waals surface area contributed by atoms with Gasteiger partial charge >= 0.3 is 23.9 Å². The molecule has 10 nitrogen and oxygen atoms in total. The molecule has 3 aliphatic rings. The number of rotatable bonds is 6. The van der Waals surface area contributed by atoms with Gasteiger partial charge in [0.15, 0.2) is 5.41 Å². The highest BCUT2D eigenvalue weighted by Crippen LogP contribution is 2.55. The number of hydrogen-bond donors (Lipinski definition) is 0. The van der Waals surface area contributed by atoms with Gasteiger partial charge in [0.1, 0.15) is 5.92 Å². The highest BCUT2D eigenvalue weighted by atomic mass is 16.8. The van der Waals surface area contributed by atoms with Crippen molar-refractivity contribution in [3.8, 4) is 0 Å². The minimum atomic E-state index is -1.94. The Kier molecular flexibility index (Phi) is 5.86. The zero-order valence-corrected chi connectivity index (χ0v) is 16.8. The number of hydrogen-bond acceptors (Lipinski definition) is 10. The van der Waals surface area contributed by atoms with Gasteiger partial charge in [0, 0.05) is 19.4 Å². The van der Waals surface area contributed by atoms with Crippen molar-refractivity contribution in [3.05, 3.63) is 0 Å². The molecule has 0 aromatic heterocycles. The maximum Gasteiger partial charge on any atom is 0.324 e. The van der Waals surface area contributed by atoms with Gasteiger partial charge in [-0.2, -0.15) is 0 Å². The largest absolute Gasteiger partial charge is 0.465 e. The average Bonchev–Trinajstić information content (AvgIpc) is 2.99. The molecule has 3 saturated heterocycles. The lowest BCUT2D eigenvalue weighted by Gasteiger charge is -2.51. The third-order valence-electron chi connectivity index (χ3n) is 5.52. The summed E-state index contributed by atoms with van der Waals surface area (Å²) in [4.78, 5) is 50.5. The van der Waals surface area contributed by atoms with Gasteiger partial charge in [-0.3, -0.25) is 19.2 Å².